The molecule has 0 radical (unpaired) electrons. The van der Waals surface area contributed by atoms with E-state index in [9.17, 15) is 4.79 Å². The Morgan fingerprint density at radius 1 is 1.07 bits per heavy atom. The van der Waals surface area contributed by atoms with Crippen molar-refractivity contribution in [2.45, 2.75) is 13.0 Å². The molecule has 0 fully saturated rings. The Morgan fingerprint density at radius 3 is 2.57 bits per heavy atom. The molecule has 144 valence electrons. The number of hydrogen-bond donors (Lipinski definition) is 0. The zero-order valence-corrected chi connectivity index (χ0v) is 16.4. The second kappa shape index (κ2) is 8.35. The van der Waals surface area contributed by atoms with Crippen molar-refractivity contribution in [3.63, 3.8) is 0 Å². The third kappa shape index (κ3) is 4.12. The summed E-state index contributed by atoms with van der Waals surface area (Å²) in [4.78, 5) is 16.1. The number of methoxy groups -OCH3 is 1. The van der Waals surface area contributed by atoms with Gasteiger partial charge in [-0.3, -0.25) is 4.79 Å². The van der Waals surface area contributed by atoms with Crippen LogP contribution < -0.4 is 19.1 Å². The first-order valence-corrected chi connectivity index (χ1v) is 9.96. The highest BCUT2D eigenvalue weighted by Crippen LogP contribution is 2.35. The molecule has 1 aliphatic rings. The molecular weight excluding hydrogens is 374 g/mol. The number of nitrogens with zero attached hydrogens (tertiary/aromatic N) is 1. The van der Waals surface area contributed by atoms with E-state index in [1.54, 1.807) is 23.3 Å². The maximum absolute atomic E-state index is 13.2. The molecule has 0 atom stereocenters. The van der Waals surface area contributed by atoms with Crippen LogP contribution in [0.5, 0.6) is 17.2 Å². The summed E-state index contributed by atoms with van der Waals surface area (Å²) in [6.07, 6.45) is 0.309. The highest BCUT2D eigenvalue weighted by molar-refractivity contribution is 7.09. The molecular formula is C22H21NO4S. The fraction of sp³-hybridized carbons (Fsp3) is 0.227. The lowest BCUT2D eigenvalue weighted by molar-refractivity contribution is -0.118. The van der Waals surface area contributed by atoms with Crippen molar-refractivity contribution >= 4 is 22.9 Å². The van der Waals surface area contributed by atoms with Crippen molar-refractivity contribution in [3.05, 3.63) is 70.4 Å². The quantitative estimate of drug-likeness (QED) is 0.624. The highest BCUT2D eigenvalue weighted by atomic mass is 32.1. The molecule has 0 spiro atoms. The van der Waals surface area contributed by atoms with Crippen molar-refractivity contribution in [3.8, 4) is 17.2 Å². The zero-order valence-electron chi connectivity index (χ0n) is 15.6. The van der Waals surface area contributed by atoms with Crippen LogP contribution in [0.15, 0.2) is 60.0 Å². The number of rotatable bonds is 6. The summed E-state index contributed by atoms with van der Waals surface area (Å²) in [6, 6.07) is 17.3. The lowest BCUT2D eigenvalue weighted by Gasteiger charge is -2.25. The van der Waals surface area contributed by atoms with Gasteiger partial charge in [0.15, 0.2) is 11.5 Å². The van der Waals surface area contributed by atoms with Crippen molar-refractivity contribution < 1.29 is 19.0 Å². The molecule has 1 aliphatic heterocycles. The lowest BCUT2D eigenvalue weighted by atomic mass is 10.1. The Hall–Kier alpha value is -2.99. The maximum Gasteiger partial charge on any atom is 0.231 e. The van der Waals surface area contributed by atoms with Crippen LogP contribution in [0.1, 0.15) is 10.4 Å². The number of benzene rings is 2. The molecule has 0 aliphatic carbocycles. The van der Waals surface area contributed by atoms with Gasteiger partial charge in [0.1, 0.15) is 19.0 Å². The first kappa shape index (κ1) is 18.4. The van der Waals surface area contributed by atoms with E-state index >= 15 is 0 Å². The van der Waals surface area contributed by atoms with Gasteiger partial charge in [-0.15, -0.1) is 11.3 Å². The van der Waals surface area contributed by atoms with Gasteiger partial charge in [-0.1, -0.05) is 18.2 Å². The van der Waals surface area contributed by atoms with Crippen molar-refractivity contribution in [2.24, 2.45) is 0 Å². The zero-order chi connectivity index (χ0) is 19.3. The van der Waals surface area contributed by atoms with E-state index in [0.29, 0.717) is 37.7 Å². The fourth-order valence-corrected chi connectivity index (χ4v) is 3.79. The van der Waals surface area contributed by atoms with E-state index in [1.807, 2.05) is 60.0 Å². The summed E-state index contributed by atoms with van der Waals surface area (Å²) in [5, 5.41) is 2.02. The summed E-state index contributed by atoms with van der Waals surface area (Å²) in [7, 11) is 1.63. The van der Waals surface area contributed by atoms with Gasteiger partial charge in [0.2, 0.25) is 5.91 Å². The van der Waals surface area contributed by atoms with Gasteiger partial charge >= 0.3 is 0 Å². The SMILES string of the molecule is COc1ccc(CC(=O)N(Cc2cccs2)c2ccc3c(c2)OCCO3)cc1. The number of thiophene rings is 1. The minimum absolute atomic E-state index is 0.0234. The van der Waals surface area contributed by atoms with E-state index in [4.69, 9.17) is 14.2 Å². The third-order valence-electron chi connectivity index (χ3n) is 4.55. The van der Waals surface area contributed by atoms with Gasteiger partial charge in [0.25, 0.3) is 0 Å². The van der Waals surface area contributed by atoms with Crippen LogP contribution in [0.25, 0.3) is 0 Å². The Morgan fingerprint density at radius 2 is 1.86 bits per heavy atom. The smallest absolute Gasteiger partial charge is 0.231 e. The van der Waals surface area contributed by atoms with Crippen LogP contribution in [0.4, 0.5) is 5.69 Å². The predicted octanol–water partition coefficient (Wildman–Crippen LogP) is 4.30. The Kier molecular flexibility index (Phi) is 5.48. The summed E-state index contributed by atoms with van der Waals surface area (Å²) in [5.41, 5.74) is 1.75. The molecule has 2 aromatic carbocycles. The number of ether oxygens (including phenoxy) is 3. The molecule has 2 heterocycles. The summed E-state index contributed by atoms with van der Waals surface area (Å²) in [6.45, 7) is 1.58. The van der Waals surface area contributed by atoms with Gasteiger partial charge in [-0.05, 0) is 41.3 Å². The molecule has 1 aromatic heterocycles. The number of fused-ring (bicyclic) bond motifs is 1. The lowest BCUT2D eigenvalue weighted by Crippen LogP contribution is -2.31. The fourth-order valence-electron chi connectivity index (χ4n) is 3.10. The second-order valence-electron chi connectivity index (χ2n) is 6.41. The average molecular weight is 395 g/mol. The maximum atomic E-state index is 13.2. The van der Waals surface area contributed by atoms with Gasteiger partial charge in [-0.2, -0.15) is 0 Å². The minimum atomic E-state index is 0.0234. The molecule has 1 amide bonds. The average Bonchev–Trinajstić information content (AvgIpc) is 3.25. The first-order valence-electron chi connectivity index (χ1n) is 9.08. The molecule has 0 bridgehead atoms. The molecule has 0 unspecified atom stereocenters. The van der Waals surface area contributed by atoms with Gasteiger partial charge in [0, 0.05) is 16.6 Å². The topological polar surface area (TPSA) is 48.0 Å². The van der Waals surface area contributed by atoms with E-state index < -0.39 is 0 Å². The molecule has 4 rings (SSSR count). The van der Waals surface area contributed by atoms with Crippen LogP contribution in [-0.2, 0) is 17.8 Å². The molecule has 5 nitrogen and oxygen atoms in total. The molecule has 3 aromatic rings. The number of hydrogen-bond acceptors (Lipinski definition) is 5. The normalized spacial score (nSPS) is 12.5. The van der Waals surface area contributed by atoms with Crippen LogP contribution in [0.3, 0.4) is 0 Å². The van der Waals surface area contributed by atoms with E-state index in [1.165, 1.54) is 0 Å². The Bertz CT molecular complexity index is 938. The Balaban J connectivity index is 1.60. The third-order valence-corrected chi connectivity index (χ3v) is 5.41. The van der Waals surface area contributed by atoms with Crippen molar-refractivity contribution in [1.29, 1.82) is 0 Å². The van der Waals surface area contributed by atoms with Crippen LogP contribution in [-0.4, -0.2) is 26.2 Å². The number of carbonyl (C=O) groups is 1. The van der Waals surface area contributed by atoms with Crippen LogP contribution in [0.2, 0.25) is 0 Å². The number of amides is 1. The number of anilines is 1. The van der Waals surface area contributed by atoms with Crippen molar-refractivity contribution in [1.82, 2.24) is 0 Å². The highest BCUT2D eigenvalue weighted by Gasteiger charge is 2.20. The standard InChI is InChI=1S/C22H21NO4S/c1-25-18-7-4-16(5-8-18)13-22(24)23(15-19-3-2-12-28-19)17-6-9-20-21(14-17)27-11-10-26-20/h2-9,12,14H,10-11,13,15H2,1H3. The van der Waals surface area contributed by atoms with E-state index in [0.717, 1.165) is 21.9 Å². The number of carbonyl (C=O) groups excluding carboxylic acids is 1. The van der Waals surface area contributed by atoms with E-state index in [2.05, 4.69) is 0 Å². The largest absolute Gasteiger partial charge is 0.497 e. The first-order chi connectivity index (χ1) is 13.7. The monoisotopic (exact) mass is 395 g/mol. The van der Waals surface area contributed by atoms with Gasteiger partial charge in [-0.25, -0.2) is 0 Å². The van der Waals surface area contributed by atoms with Crippen molar-refractivity contribution in [2.75, 3.05) is 25.2 Å². The molecule has 0 N–H and O–H groups in total. The Labute approximate surface area is 168 Å². The molecule has 6 heteroatoms. The minimum Gasteiger partial charge on any atom is -0.497 e. The van der Waals surface area contributed by atoms with Crippen LogP contribution >= 0.6 is 11.3 Å². The molecule has 28 heavy (non-hydrogen) atoms. The van der Waals surface area contributed by atoms with Gasteiger partial charge < -0.3 is 19.1 Å². The molecule has 0 saturated carbocycles. The predicted molar refractivity (Wildman–Crippen MR) is 110 cm³/mol. The summed E-state index contributed by atoms with van der Waals surface area (Å²) >= 11 is 1.64. The molecule has 0 saturated heterocycles. The van der Waals surface area contributed by atoms with Crippen LogP contribution in [0, 0.1) is 0 Å². The summed E-state index contributed by atoms with van der Waals surface area (Å²) in [5.74, 6) is 2.19. The van der Waals surface area contributed by atoms with Gasteiger partial charge in [0.05, 0.1) is 20.1 Å². The summed E-state index contributed by atoms with van der Waals surface area (Å²) < 4.78 is 16.5. The van der Waals surface area contributed by atoms with E-state index in [-0.39, 0.29) is 5.91 Å². The second-order valence-corrected chi connectivity index (χ2v) is 7.44.